The summed E-state index contributed by atoms with van der Waals surface area (Å²) in [7, 11) is 0. The maximum absolute atomic E-state index is 5.85. The van der Waals surface area contributed by atoms with Crippen LogP contribution >= 0.6 is 0 Å². The Balaban J connectivity index is 1.84. The SMILES string of the molecule is Cc1ccc(OCCCn2ccnc2)c(CCN)c1. The van der Waals surface area contributed by atoms with Crippen molar-refractivity contribution in [1.82, 2.24) is 9.55 Å². The molecule has 102 valence electrons. The molecule has 2 rings (SSSR count). The third-order valence-electron chi connectivity index (χ3n) is 3.01. The number of aryl methyl sites for hydroxylation is 2. The van der Waals surface area contributed by atoms with Crippen molar-refractivity contribution in [1.29, 1.82) is 0 Å². The Morgan fingerprint density at radius 1 is 1.37 bits per heavy atom. The van der Waals surface area contributed by atoms with Gasteiger partial charge in [-0.3, -0.25) is 0 Å². The molecule has 0 radical (unpaired) electrons. The van der Waals surface area contributed by atoms with Gasteiger partial charge in [0.1, 0.15) is 5.75 Å². The summed E-state index contributed by atoms with van der Waals surface area (Å²) in [6.45, 7) is 4.37. The van der Waals surface area contributed by atoms with E-state index in [1.807, 2.05) is 18.6 Å². The van der Waals surface area contributed by atoms with Crippen LogP contribution in [0, 0.1) is 6.92 Å². The number of nitrogens with zero attached hydrogens (tertiary/aromatic N) is 2. The highest BCUT2D eigenvalue weighted by Gasteiger charge is 2.03. The highest BCUT2D eigenvalue weighted by atomic mass is 16.5. The summed E-state index contributed by atoms with van der Waals surface area (Å²) in [6, 6.07) is 6.26. The highest BCUT2D eigenvalue weighted by molar-refractivity contribution is 5.37. The summed E-state index contributed by atoms with van der Waals surface area (Å²) in [4.78, 5) is 4.02. The molecule has 0 atom stereocenters. The van der Waals surface area contributed by atoms with Gasteiger partial charge in [0.15, 0.2) is 0 Å². The van der Waals surface area contributed by atoms with Gasteiger partial charge in [-0.15, -0.1) is 0 Å². The van der Waals surface area contributed by atoms with E-state index in [4.69, 9.17) is 10.5 Å². The van der Waals surface area contributed by atoms with Gasteiger partial charge in [-0.2, -0.15) is 0 Å². The zero-order valence-electron chi connectivity index (χ0n) is 11.4. The van der Waals surface area contributed by atoms with E-state index in [-0.39, 0.29) is 0 Å². The van der Waals surface area contributed by atoms with E-state index in [1.54, 1.807) is 6.20 Å². The molecule has 0 unspecified atom stereocenters. The lowest BCUT2D eigenvalue weighted by Gasteiger charge is -2.12. The third-order valence-corrected chi connectivity index (χ3v) is 3.01. The van der Waals surface area contributed by atoms with Crippen LogP contribution in [0.1, 0.15) is 17.5 Å². The average molecular weight is 259 g/mol. The summed E-state index contributed by atoms with van der Waals surface area (Å²) < 4.78 is 7.91. The summed E-state index contributed by atoms with van der Waals surface area (Å²) >= 11 is 0. The van der Waals surface area contributed by atoms with E-state index in [0.29, 0.717) is 13.2 Å². The molecule has 4 nitrogen and oxygen atoms in total. The molecule has 2 aromatic rings. The van der Waals surface area contributed by atoms with Crippen molar-refractivity contribution in [3.8, 4) is 5.75 Å². The van der Waals surface area contributed by atoms with Gasteiger partial charge < -0.3 is 15.0 Å². The van der Waals surface area contributed by atoms with Gasteiger partial charge >= 0.3 is 0 Å². The largest absolute Gasteiger partial charge is 0.493 e. The van der Waals surface area contributed by atoms with E-state index >= 15 is 0 Å². The minimum atomic E-state index is 0.648. The zero-order chi connectivity index (χ0) is 13.5. The summed E-state index contributed by atoms with van der Waals surface area (Å²) in [5, 5.41) is 0. The molecule has 0 aliphatic rings. The van der Waals surface area contributed by atoms with Gasteiger partial charge in [0.25, 0.3) is 0 Å². The number of rotatable bonds is 7. The van der Waals surface area contributed by atoms with Crippen molar-refractivity contribution >= 4 is 0 Å². The summed E-state index contributed by atoms with van der Waals surface area (Å²) in [6.07, 6.45) is 7.41. The van der Waals surface area contributed by atoms with Gasteiger partial charge in [0, 0.05) is 18.9 Å². The van der Waals surface area contributed by atoms with E-state index in [9.17, 15) is 0 Å². The first-order chi connectivity index (χ1) is 9.29. The highest BCUT2D eigenvalue weighted by Crippen LogP contribution is 2.20. The second-order valence-electron chi connectivity index (χ2n) is 4.65. The van der Waals surface area contributed by atoms with Crippen molar-refractivity contribution in [2.75, 3.05) is 13.2 Å². The fourth-order valence-corrected chi connectivity index (χ4v) is 2.05. The summed E-state index contributed by atoms with van der Waals surface area (Å²) in [5.41, 5.74) is 8.08. The van der Waals surface area contributed by atoms with Crippen LogP contribution in [0.3, 0.4) is 0 Å². The van der Waals surface area contributed by atoms with E-state index < -0.39 is 0 Å². The van der Waals surface area contributed by atoms with E-state index in [1.165, 1.54) is 11.1 Å². The van der Waals surface area contributed by atoms with Gasteiger partial charge in [0.2, 0.25) is 0 Å². The molecular weight excluding hydrogens is 238 g/mol. The molecule has 0 bridgehead atoms. The number of hydrogen-bond donors (Lipinski definition) is 1. The third kappa shape index (κ3) is 4.10. The van der Waals surface area contributed by atoms with Gasteiger partial charge in [-0.25, -0.2) is 4.98 Å². The monoisotopic (exact) mass is 259 g/mol. The van der Waals surface area contributed by atoms with Crippen LogP contribution < -0.4 is 10.5 Å². The normalized spacial score (nSPS) is 10.6. The van der Waals surface area contributed by atoms with Gasteiger partial charge in [0.05, 0.1) is 12.9 Å². The first-order valence-corrected chi connectivity index (χ1v) is 6.67. The number of benzene rings is 1. The quantitative estimate of drug-likeness (QED) is 0.775. The number of nitrogens with two attached hydrogens (primary N) is 1. The van der Waals surface area contributed by atoms with Crippen LogP contribution in [-0.2, 0) is 13.0 Å². The lowest BCUT2D eigenvalue weighted by Crippen LogP contribution is -2.07. The molecule has 4 heteroatoms. The van der Waals surface area contributed by atoms with Crippen molar-refractivity contribution in [2.45, 2.75) is 26.3 Å². The second kappa shape index (κ2) is 6.95. The Morgan fingerprint density at radius 3 is 3.00 bits per heavy atom. The molecule has 1 aromatic heterocycles. The lowest BCUT2D eigenvalue weighted by molar-refractivity contribution is 0.299. The maximum atomic E-state index is 5.85. The Kier molecular flexibility index (Phi) is 4.98. The van der Waals surface area contributed by atoms with Crippen LogP contribution in [0.4, 0.5) is 0 Å². The first kappa shape index (κ1) is 13.6. The molecule has 0 aliphatic carbocycles. The molecule has 1 aromatic carbocycles. The van der Waals surface area contributed by atoms with Crippen LogP contribution in [0.2, 0.25) is 0 Å². The van der Waals surface area contributed by atoms with Crippen LogP contribution in [-0.4, -0.2) is 22.7 Å². The number of aromatic nitrogens is 2. The van der Waals surface area contributed by atoms with Crippen LogP contribution in [0.15, 0.2) is 36.9 Å². The molecule has 0 saturated carbocycles. The van der Waals surface area contributed by atoms with Crippen molar-refractivity contribution in [3.05, 3.63) is 48.0 Å². The molecule has 0 fully saturated rings. The lowest BCUT2D eigenvalue weighted by atomic mass is 10.1. The van der Waals surface area contributed by atoms with Crippen LogP contribution in [0.25, 0.3) is 0 Å². The minimum absolute atomic E-state index is 0.648. The average Bonchev–Trinajstić information content (AvgIpc) is 2.90. The minimum Gasteiger partial charge on any atom is -0.493 e. The van der Waals surface area contributed by atoms with Crippen molar-refractivity contribution in [2.24, 2.45) is 5.73 Å². The van der Waals surface area contributed by atoms with E-state index in [0.717, 1.165) is 25.1 Å². The Labute approximate surface area is 114 Å². The summed E-state index contributed by atoms with van der Waals surface area (Å²) in [5.74, 6) is 0.960. The predicted octanol–water partition coefficient (Wildman–Crippen LogP) is 2.16. The Bertz CT molecular complexity index is 494. The molecule has 19 heavy (non-hydrogen) atoms. The maximum Gasteiger partial charge on any atom is 0.122 e. The fourth-order valence-electron chi connectivity index (χ4n) is 2.05. The Hall–Kier alpha value is -1.81. The van der Waals surface area contributed by atoms with E-state index in [2.05, 4.69) is 28.6 Å². The molecule has 1 heterocycles. The van der Waals surface area contributed by atoms with Gasteiger partial charge in [-0.1, -0.05) is 17.7 Å². The smallest absolute Gasteiger partial charge is 0.122 e. The standard InChI is InChI=1S/C15H21N3O/c1-13-3-4-15(14(11-13)5-6-16)19-10-2-8-18-9-7-17-12-18/h3-4,7,9,11-12H,2,5-6,8,10,16H2,1H3. The van der Waals surface area contributed by atoms with Crippen LogP contribution in [0.5, 0.6) is 5.75 Å². The number of ether oxygens (including phenoxy) is 1. The van der Waals surface area contributed by atoms with Gasteiger partial charge in [-0.05, 0) is 37.9 Å². The zero-order valence-corrected chi connectivity index (χ0v) is 11.4. The number of hydrogen-bond acceptors (Lipinski definition) is 3. The molecule has 0 aliphatic heterocycles. The topological polar surface area (TPSA) is 53.1 Å². The fraction of sp³-hybridized carbons (Fsp3) is 0.400. The number of imidazole rings is 1. The predicted molar refractivity (Wildman–Crippen MR) is 76.3 cm³/mol. The van der Waals surface area contributed by atoms with Crippen molar-refractivity contribution in [3.63, 3.8) is 0 Å². The molecule has 0 spiro atoms. The molecule has 0 saturated heterocycles. The molecular formula is C15H21N3O. The van der Waals surface area contributed by atoms with Crippen molar-refractivity contribution < 1.29 is 4.74 Å². The Morgan fingerprint density at radius 2 is 2.26 bits per heavy atom. The molecule has 2 N–H and O–H groups in total. The molecule has 0 amide bonds. The first-order valence-electron chi connectivity index (χ1n) is 6.67. The second-order valence-corrected chi connectivity index (χ2v) is 4.65.